The zero-order chi connectivity index (χ0) is 17.4. The molecule has 2 heterocycles. The van der Waals surface area contributed by atoms with E-state index in [1.807, 2.05) is 0 Å². The first-order valence-electron chi connectivity index (χ1n) is 7.47. The molecule has 3 aromatic rings. The van der Waals surface area contributed by atoms with Crippen molar-refractivity contribution in [3.63, 3.8) is 0 Å². The Morgan fingerprint density at radius 3 is 2.62 bits per heavy atom. The van der Waals surface area contributed by atoms with Crippen LogP contribution < -0.4 is 16.0 Å². The lowest BCUT2D eigenvalue weighted by Crippen LogP contribution is -2.37. The standard InChI is InChI=1S/C16H17FN4O3/c1-4-24-15-18-13-12(14(22)20(3)16(23)19(13)2)21(15)9-10-6-5-7-11(17)8-10/h5-8H,4,9H2,1-3H3. The van der Waals surface area contributed by atoms with Crippen molar-refractivity contribution in [2.75, 3.05) is 6.61 Å². The Balaban J connectivity index is 2.30. The highest BCUT2D eigenvalue weighted by Gasteiger charge is 2.20. The van der Waals surface area contributed by atoms with E-state index in [9.17, 15) is 14.0 Å². The zero-order valence-corrected chi connectivity index (χ0v) is 13.6. The molecular formula is C16H17FN4O3. The van der Waals surface area contributed by atoms with E-state index in [0.29, 0.717) is 12.2 Å². The molecule has 0 saturated carbocycles. The molecule has 0 fully saturated rings. The van der Waals surface area contributed by atoms with E-state index in [1.54, 1.807) is 30.7 Å². The third-order valence-electron chi connectivity index (χ3n) is 3.82. The van der Waals surface area contributed by atoms with Gasteiger partial charge in [-0.15, -0.1) is 0 Å². The summed E-state index contributed by atoms with van der Waals surface area (Å²) < 4.78 is 22.8. The van der Waals surface area contributed by atoms with E-state index in [2.05, 4.69) is 4.98 Å². The smallest absolute Gasteiger partial charge is 0.332 e. The van der Waals surface area contributed by atoms with Crippen molar-refractivity contribution in [3.05, 3.63) is 56.5 Å². The number of hydrogen-bond acceptors (Lipinski definition) is 4. The first-order valence-corrected chi connectivity index (χ1v) is 7.47. The molecule has 0 saturated heterocycles. The van der Waals surface area contributed by atoms with Crippen LogP contribution in [0.25, 0.3) is 11.2 Å². The van der Waals surface area contributed by atoms with Gasteiger partial charge in [-0.1, -0.05) is 12.1 Å². The molecule has 3 rings (SSSR count). The van der Waals surface area contributed by atoms with Crippen molar-refractivity contribution in [2.24, 2.45) is 14.1 Å². The topological polar surface area (TPSA) is 71.1 Å². The summed E-state index contributed by atoms with van der Waals surface area (Å²) in [5.41, 5.74) is 0.204. The van der Waals surface area contributed by atoms with Crippen LogP contribution in [0.4, 0.5) is 4.39 Å². The molecule has 1 aromatic carbocycles. The maximum absolute atomic E-state index is 13.5. The minimum Gasteiger partial charge on any atom is -0.465 e. The summed E-state index contributed by atoms with van der Waals surface area (Å²) in [5.74, 6) is -0.366. The van der Waals surface area contributed by atoms with Gasteiger partial charge in [0.15, 0.2) is 11.2 Å². The molecule has 0 N–H and O–H groups in total. The highest BCUT2D eigenvalue weighted by molar-refractivity contribution is 5.72. The number of rotatable bonds is 4. The van der Waals surface area contributed by atoms with Gasteiger partial charge in [-0.3, -0.25) is 18.5 Å². The maximum Gasteiger partial charge on any atom is 0.332 e. The number of ether oxygens (including phenoxy) is 1. The molecule has 0 aliphatic carbocycles. The van der Waals surface area contributed by atoms with E-state index in [-0.39, 0.29) is 29.5 Å². The van der Waals surface area contributed by atoms with Crippen LogP contribution in [-0.4, -0.2) is 25.3 Å². The lowest BCUT2D eigenvalue weighted by molar-refractivity contribution is 0.301. The number of aryl methyl sites for hydroxylation is 1. The third kappa shape index (κ3) is 2.49. The van der Waals surface area contributed by atoms with Gasteiger partial charge in [-0.05, 0) is 24.6 Å². The number of hydrogen-bond donors (Lipinski definition) is 0. The molecule has 7 nitrogen and oxygen atoms in total. The third-order valence-corrected chi connectivity index (χ3v) is 3.82. The van der Waals surface area contributed by atoms with Crippen molar-refractivity contribution in [1.82, 2.24) is 18.7 Å². The molecule has 0 aliphatic heterocycles. The lowest BCUT2D eigenvalue weighted by Gasteiger charge is -2.09. The molecule has 0 unspecified atom stereocenters. The zero-order valence-electron chi connectivity index (χ0n) is 13.6. The van der Waals surface area contributed by atoms with Gasteiger partial charge in [0, 0.05) is 14.1 Å². The average Bonchev–Trinajstić information content (AvgIpc) is 2.90. The Morgan fingerprint density at radius 1 is 1.21 bits per heavy atom. The molecule has 8 heteroatoms. The van der Waals surface area contributed by atoms with Crippen LogP contribution in [0.2, 0.25) is 0 Å². The second kappa shape index (κ2) is 5.95. The molecule has 2 aromatic heterocycles. The van der Waals surface area contributed by atoms with Gasteiger partial charge in [0.25, 0.3) is 11.6 Å². The van der Waals surface area contributed by atoms with Gasteiger partial charge in [0.1, 0.15) is 5.82 Å². The summed E-state index contributed by atoms with van der Waals surface area (Å²) in [7, 11) is 2.95. The van der Waals surface area contributed by atoms with Gasteiger partial charge in [-0.2, -0.15) is 4.98 Å². The number of nitrogens with zero attached hydrogens (tertiary/aromatic N) is 4. The first-order chi connectivity index (χ1) is 11.4. The summed E-state index contributed by atoms with van der Waals surface area (Å²) in [6, 6.07) is 6.29. The van der Waals surface area contributed by atoms with Gasteiger partial charge in [0.05, 0.1) is 13.2 Å². The average molecular weight is 332 g/mol. The molecular weight excluding hydrogens is 315 g/mol. The molecule has 0 amide bonds. The molecule has 24 heavy (non-hydrogen) atoms. The Hall–Kier alpha value is -2.90. The number of imidazole rings is 1. The molecule has 0 bridgehead atoms. The second-order valence-electron chi connectivity index (χ2n) is 5.42. The van der Waals surface area contributed by atoms with Gasteiger partial charge in [0.2, 0.25) is 0 Å². The van der Waals surface area contributed by atoms with Crippen LogP contribution in [0.1, 0.15) is 12.5 Å². The number of fused-ring (bicyclic) bond motifs is 1. The Labute approximate surface area is 136 Å². The van der Waals surface area contributed by atoms with Gasteiger partial charge < -0.3 is 4.74 Å². The summed E-state index contributed by atoms with van der Waals surface area (Å²) in [5, 5.41) is 0. The van der Waals surface area contributed by atoms with Crippen LogP contribution in [0.3, 0.4) is 0 Å². The van der Waals surface area contributed by atoms with Crippen molar-refractivity contribution in [1.29, 1.82) is 0 Å². The van der Waals surface area contributed by atoms with Crippen LogP contribution in [0, 0.1) is 5.82 Å². The number of benzene rings is 1. The molecule has 126 valence electrons. The second-order valence-corrected chi connectivity index (χ2v) is 5.42. The predicted octanol–water partition coefficient (Wildman–Crippen LogP) is 1.02. The first kappa shape index (κ1) is 16.0. The highest BCUT2D eigenvalue weighted by Crippen LogP contribution is 2.20. The largest absolute Gasteiger partial charge is 0.465 e. The fourth-order valence-corrected chi connectivity index (χ4v) is 2.63. The van der Waals surface area contributed by atoms with Crippen LogP contribution in [-0.2, 0) is 20.6 Å². The Kier molecular flexibility index (Phi) is 3.96. The number of aromatic nitrogens is 4. The molecule has 0 radical (unpaired) electrons. The molecule has 0 atom stereocenters. The van der Waals surface area contributed by atoms with Crippen molar-refractivity contribution in [2.45, 2.75) is 13.5 Å². The summed E-state index contributed by atoms with van der Waals surface area (Å²) in [6.45, 7) is 2.35. The SMILES string of the molecule is CCOc1nc2c(c(=O)n(C)c(=O)n2C)n1Cc1cccc(F)c1. The summed E-state index contributed by atoms with van der Waals surface area (Å²) in [4.78, 5) is 28.9. The minimum atomic E-state index is -0.469. The van der Waals surface area contributed by atoms with Crippen molar-refractivity contribution >= 4 is 11.2 Å². The highest BCUT2D eigenvalue weighted by atomic mass is 19.1. The van der Waals surface area contributed by atoms with E-state index < -0.39 is 11.2 Å². The molecule has 0 spiro atoms. The summed E-state index contributed by atoms with van der Waals surface area (Å²) in [6.07, 6.45) is 0. The van der Waals surface area contributed by atoms with Crippen molar-refractivity contribution < 1.29 is 9.13 Å². The maximum atomic E-state index is 13.5. The van der Waals surface area contributed by atoms with Crippen LogP contribution in [0.15, 0.2) is 33.9 Å². The normalized spacial score (nSPS) is 11.2. The molecule has 0 aliphatic rings. The van der Waals surface area contributed by atoms with Crippen LogP contribution in [0.5, 0.6) is 6.01 Å². The fourth-order valence-electron chi connectivity index (χ4n) is 2.63. The quantitative estimate of drug-likeness (QED) is 0.715. The predicted molar refractivity (Wildman–Crippen MR) is 86.9 cm³/mol. The van der Waals surface area contributed by atoms with E-state index >= 15 is 0 Å². The monoisotopic (exact) mass is 332 g/mol. The lowest BCUT2D eigenvalue weighted by atomic mass is 10.2. The van der Waals surface area contributed by atoms with Crippen molar-refractivity contribution in [3.8, 4) is 6.01 Å². The fraction of sp³-hybridized carbons (Fsp3) is 0.312. The van der Waals surface area contributed by atoms with Crippen LogP contribution >= 0.6 is 0 Å². The number of halogens is 1. The van der Waals surface area contributed by atoms with E-state index in [0.717, 1.165) is 4.57 Å². The Morgan fingerprint density at radius 2 is 1.96 bits per heavy atom. The van der Waals surface area contributed by atoms with Gasteiger partial charge >= 0.3 is 5.69 Å². The Bertz CT molecular complexity index is 1030. The summed E-state index contributed by atoms with van der Waals surface area (Å²) >= 11 is 0. The van der Waals surface area contributed by atoms with E-state index in [4.69, 9.17) is 4.74 Å². The minimum absolute atomic E-state index is 0.205. The van der Waals surface area contributed by atoms with E-state index in [1.165, 1.54) is 23.7 Å². The van der Waals surface area contributed by atoms with Gasteiger partial charge in [-0.25, -0.2) is 9.18 Å².